The van der Waals surface area contributed by atoms with E-state index >= 15 is 0 Å². The summed E-state index contributed by atoms with van der Waals surface area (Å²) in [5.74, 6) is 0.794. The Morgan fingerprint density at radius 2 is 2.00 bits per heavy atom. The molecule has 0 bridgehead atoms. The lowest BCUT2D eigenvalue weighted by atomic mass is 10.1. The molecule has 24 heavy (non-hydrogen) atoms. The maximum Gasteiger partial charge on any atom is 0.170 e. The van der Waals surface area contributed by atoms with Crippen molar-refractivity contribution in [3.05, 3.63) is 72.3 Å². The Balaban J connectivity index is 1.71. The zero-order chi connectivity index (χ0) is 17.2. The molecule has 0 saturated heterocycles. The van der Waals surface area contributed by atoms with Gasteiger partial charge >= 0.3 is 0 Å². The number of ether oxygens (including phenoxy) is 1. The second kappa shape index (κ2) is 9.73. The van der Waals surface area contributed by atoms with Gasteiger partial charge in [-0.05, 0) is 49.7 Å². The van der Waals surface area contributed by atoms with Crippen molar-refractivity contribution in [3.8, 4) is 5.75 Å². The van der Waals surface area contributed by atoms with Crippen molar-refractivity contribution in [2.45, 2.75) is 19.8 Å². The smallest absolute Gasteiger partial charge is 0.170 e. The van der Waals surface area contributed by atoms with Crippen molar-refractivity contribution in [2.75, 3.05) is 18.5 Å². The molecule has 0 atom stereocenters. The standard InChI is InChI=1S/C20H24N2OS/c1-3-14-23-19-8-4-7-18(15-19)22-20(24)21-13-5-6-17-11-9-16(2)10-12-17/h3-4,7-12,15H,1,5-6,13-14H2,2H3,(H2,21,22,24). The highest BCUT2D eigenvalue weighted by Gasteiger charge is 2.00. The van der Waals surface area contributed by atoms with E-state index in [4.69, 9.17) is 17.0 Å². The van der Waals surface area contributed by atoms with Crippen LogP contribution in [0, 0.1) is 6.92 Å². The van der Waals surface area contributed by atoms with E-state index in [1.54, 1.807) is 6.08 Å². The Morgan fingerprint density at radius 1 is 1.21 bits per heavy atom. The van der Waals surface area contributed by atoms with Crippen LogP contribution in [0.3, 0.4) is 0 Å². The number of benzene rings is 2. The summed E-state index contributed by atoms with van der Waals surface area (Å²) in [6, 6.07) is 16.4. The number of hydrogen-bond acceptors (Lipinski definition) is 2. The molecule has 2 aromatic rings. The zero-order valence-electron chi connectivity index (χ0n) is 14.0. The van der Waals surface area contributed by atoms with E-state index in [2.05, 4.69) is 48.4 Å². The molecule has 3 nitrogen and oxygen atoms in total. The molecule has 2 rings (SSSR count). The van der Waals surface area contributed by atoms with Crippen LogP contribution >= 0.6 is 12.2 Å². The molecule has 0 heterocycles. The van der Waals surface area contributed by atoms with E-state index in [9.17, 15) is 0 Å². The van der Waals surface area contributed by atoms with E-state index in [-0.39, 0.29) is 0 Å². The van der Waals surface area contributed by atoms with Gasteiger partial charge < -0.3 is 15.4 Å². The van der Waals surface area contributed by atoms with Gasteiger partial charge in [-0.25, -0.2) is 0 Å². The normalized spacial score (nSPS) is 10.0. The molecule has 2 N–H and O–H groups in total. The molecule has 0 amide bonds. The van der Waals surface area contributed by atoms with Crippen molar-refractivity contribution in [3.63, 3.8) is 0 Å². The molecule has 0 fully saturated rings. The summed E-state index contributed by atoms with van der Waals surface area (Å²) >= 11 is 5.33. The second-order valence-corrected chi connectivity index (χ2v) is 6.01. The molecule has 0 aromatic heterocycles. The fourth-order valence-electron chi connectivity index (χ4n) is 2.24. The Kier molecular flexibility index (Phi) is 7.30. The molecule has 0 radical (unpaired) electrons. The monoisotopic (exact) mass is 340 g/mol. The molecule has 0 aliphatic carbocycles. The van der Waals surface area contributed by atoms with E-state index in [1.165, 1.54) is 11.1 Å². The van der Waals surface area contributed by atoms with Gasteiger partial charge in [0.2, 0.25) is 0 Å². The summed E-state index contributed by atoms with van der Waals surface area (Å²) in [5.41, 5.74) is 3.56. The van der Waals surface area contributed by atoms with E-state index in [0.717, 1.165) is 30.8 Å². The van der Waals surface area contributed by atoms with Gasteiger partial charge in [0.25, 0.3) is 0 Å². The number of thiocarbonyl (C=S) groups is 1. The number of hydrogen-bond donors (Lipinski definition) is 2. The summed E-state index contributed by atoms with van der Waals surface area (Å²) in [6.45, 7) is 7.08. The average molecular weight is 340 g/mol. The molecule has 2 aromatic carbocycles. The SMILES string of the molecule is C=CCOc1cccc(NC(=S)NCCCc2ccc(C)cc2)c1. The predicted octanol–water partition coefficient (Wildman–Crippen LogP) is 4.48. The highest BCUT2D eigenvalue weighted by molar-refractivity contribution is 7.80. The lowest BCUT2D eigenvalue weighted by molar-refractivity contribution is 0.363. The summed E-state index contributed by atoms with van der Waals surface area (Å²) in [6.07, 6.45) is 3.80. The van der Waals surface area contributed by atoms with Crippen molar-refractivity contribution < 1.29 is 4.74 Å². The minimum Gasteiger partial charge on any atom is -0.489 e. The zero-order valence-corrected chi connectivity index (χ0v) is 14.9. The molecule has 0 spiro atoms. The number of anilines is 1. The minimum absolute atomic E-state index is 0.491. The third-order valence-corrected chi connectivity index (χ3v) is 3.75. The Labute approximate surface area is 149 Å². The average Bonchev–Trinajstić information content (AvgIpc) is 2.59. The molecular formula is C20H24N2OS. The first-order valence-corrected chi connectivity index (χ1v) is 8.52. The van der Waals surface area contributed by atoms with Crippen molar-refractivity contribution in [1.82, 2.24) is 5.32 Å². The van der Waals surface area contributed by atoms with Gasteiger partial charge in [0.15, 0.2) is 5.11 Å². The maximum absolute atomic E-state index is 5.51. The highest BCUT2D eigenvalue weighted by Crippen LogP contribution is 2.17. The molecule has 0 aliphatic rings. The van der Waals surface area contributed by atoms with Gasteiger partial charge in [0, 0.05) is 18.3 Å². The van der Waals surface area contributed by atoms with Crippen LogP contribution in [-0.4, -0.2) is 18.3 Å². The lowest BCUT2D eigenvalue weighted by Gasteiger charge is -2.12. The summed E-state index contributed by atoms with van der Waals surface area (Å²) in [5, 5.41) is 7.04. The van der Waals surface area contributed by atoms with Gasteiger partial charge in [0.1, 0.15) is 12.4 Å². The van der Waals surface area contributed by atoms with Crippen LogP contribution in [0.1, 0.15) is 17.5 Å². The van der Waals surface area contributed by atoms with Crippen molar-refractivity contribution in [2.24, 2.45) is 0 Å². The molecule has 4 heteroatoms. The Morgan fingerprint density at radius 3 is 2.75 bits per heavy atom. The molecule has 0 unspecified atom stereocenters. The minimum atomic E-state index is 0.491. The van der Waals surface area contributed by atoms with Gasteiger partial charge in [-0.1, -0.05) is 48.6 Å². The predicted molar refractivity (Wildman–Crippen MR) is 106 cm³/mol. The van der Waals surface area contributed by atoms with Crippen LogP contribution in [0.4, 0.5) is 5.69 Å². The third-order valence-electron chi connectivity index (χ3n) is 3.51. The van der Waals surface area contributed by atoms with E-state index in [1.807, 2.05) is 24.3 Å². The van der Waals surface area contributed by atoms with Gasteiger partial charge in [-0.2, -0.15) is 0 Å². The van der Waals surface area contributed by atoms with E-state index < -0.39 is 0 Å². The number of nitrogens with one attached hydrogen (secondary N) is 2. The van der Waals surface area contributed by atoms with Gasteiger partial charge in [0.05, 0.1) is 0 Å². The summed E-state index contributed by atoms with van der Waals surface area (Å²) in [4.78, 5) is 0. The largest absolute Gasteiger partial charge is 0.489 e. The van der Waals surface area contributed by atoms with Gasteiger partial charge in [-0.15, -0.1) is 0 Å². The first-order chi connectivity index (χ1) is 11.7. The number of aryl methyl sites for hydroxylation is 2. The lowest BCUT2D eigenvalue weighted by Crippen LogP contribution is -2.29. The topological polar surface area (TPSA) is 33.3 Å². The van der Waals surface area contributed by atoms with Crippen LogP contribution < -0.4 is 15.4 Å². The van der Waals surface area contributed by atoms with Crippen LogP contribution in [0.5, 0.6) is 5.75 Å². The van der Waals surface area contributed by atoms with Crippen molar-refractivity contribution in [1.29, 1.82) is 0 Å². The molecule has 126 valence electrons. The van der Waals surface area contributed by atoms with E-state index in [0.29, 0.717) is 11.7 Å². The Hall–Kier alpha value is -2.33. The van der Waals surface area contributed by atoms with Crippen LogP contribution in [-0.2, 0) is 6.42 Å². The second-order valence-electron chi connectivity index (χ2n) is 5.60. The quantitative estimate of drug-likeness (QED) is 0.422. The summed E-state index contributed by atoms with van der Waals surface area (Å²) in [7, 11) is 0. The first kappa shape index (κ1) is 18.0. The Bertz CT molecular complexity index is 668. The molecule has 0 saturated carbocycles. The number of rotatable bonds is 8. The summed E-state index contributed by atoms with van der Waals surface area (Å²) < 4.78 is 5.51. The first-order valence-electron chi connectivity index (χ1n) is 8.11. The molecular weight excluding hydrogens is 316 g/mol. The van der Waals surface area contributed by atoms with Crippen LogP contribution in [0.15, 0.2) is 61.2 Å². The third kappa shape index (κ3) is 6.42. The fraction of sp³-hybridized carbons (Fsp3) is 0.250. The van der Waals surface area contributed by atoms with Crippen molar-refractivity contribution >= 4 is 23.0 Å². The highest BCUT2D eigenvalue weighted by atomic mass is 32.1. The van der Waals surface area contributed by atoms with Gasteiger partial charge in [-0.3, -0.25) is 0 Å². The fourth-order valence-corrected chi connectivity index (χ4v) is 2.46. The molecule has 0 aliphatic heterocycles. The maximum atomic E-state index is 5.51. The van der Waals surface area contributed by atoms with Crippen LogP contribution in [0.2, 0.25) is 0 Å². The van der Waals surface area contributed by atoms with Crippen LogP contribution in [0.25, 0.3) is 0 Å².